The van der Waals surface area contributed by atoms with E-state index in [1.54, 1.807) is 48.6 Å². The third kappa shape index (κ3) is 17.2. The van der Waals surface area contributed by atoms with Crippen molar-refractivity contribution in [3.8, 4) is 0 Å². The van der Waals surface area contributed by atoms with Crippen LogP contribution in [0, 0.1) is 11.8 Å². The number of esters is 3. The first kappa shape index (κ1) is 45.2. The van der Waals surface area contributed by atoms with Crippen LogP contribution in [0.5, 0.6) is 0 Å². The maximum atomic E-state index is 13.8. The molecule has 0 aliphatic carbocycles. The zero-order valence-corrected chi connectivity index (χ0v) is 33.3. The van der Waals surface area contributed by atoms with Gasteiger partial charge in [-0.3, -0.25) is 9.59 Å². The zero-order valence-electron chi connectivity index (χ0n) is 33.3. The number of benzene rings is 2. The van der Waals surface area contributed by atoms with Crippen LogP contribution in [0.15, 0.2) is 60.7 Å². The fourth-order valence-electron chi connectivity index (χ4n) is 5.70. The quantitative estimate of drug-likeness (QED) is 0.0478. The molecule has 0 aliphatic heterocycles. The highest BCUT2D eigenvalue weighted by Gasteiger charge is 2.37. The second kappa shape index (κ2) is 23.7. The summed E-state index contributed by atoms with van der Waals surface area (Å²) in [7, 11) is 3.09. The Kier molecular flexibility index (Phi) is 20.2. The number of ether oxygens (including phenoxy) is 6. The van der Waals surface area contributed by atoms with E-state index in [9.17, 15) is 19.2 Å². The van der Waals surface area contributed by atoms with Crippen molar-refractivity contribution in [2.45, 2.75) is 136 Å². The van der Waals surface area contributed by atoms with Crippen molar-refractivity contribution in [1.29, 1.82) is 0 Å². The molecule has 0 radical (unpaired) electrons. The fourth-order valence-corrected chi connectivity index (χ4v) is 5.70. The van der Waals surface area contributed by atoms with Crippen LogP contribution in [-0.4, -0.2) is 79.8 Å². The molecule has 0 saturated carbocycles. The van der Waals surface area contributed by atoms with E-state index in [0.717, 1.165) is 43.2 Å². The Bertz CT molecular complexity index is 1360. The van der Waals surface area contributed by atoms with Crippen molar-refractivity contribution in [2.24, 2.45) is 11.8 Å². The molecular weight excluding hydrogens is 678 g/mol. The lowest BCUT2D eigenvalue weighted by atomic mass is 9.96. The van der Waals surface area contributed by atoms with E-state index in [0.29, 0.717) is 12.8 Å². The summed E-state index contributed by atoms with van der Waals surface area (Å²) in [5.74, 6) is -3.15. The largest absolute Gasteiger partial charge is 0.461 e. The lowest BCUT2D eigenvalue weighted by molar-refractivity contribution is -0.179. The summed E-state index contributed by atoms with van der Waals surface area (Å²) in [5.41, 5.74) is 0.997. The Labute approximate surface area is 317 Å². The predicted octanol–water partition coefficient (Wildman–Crippen LogP) is 8.06. The van der Waals surface area contributed by atoms with Crippen molar-refractivity contribution in [2.75, 3.05) is 21.0 Å². The Balaban J connectivity index is 2.29. The smallest absolute Gasteiger partial charge is 0.410 e. The van der Waals surface area contributed by atoms with Crippen molar-refractivity contribution in [3.05, 3.63) is 71.8 Å². The summed E-state index contributed by atoms with van der Waals surface area (Å²) in [6.07, 6.45) is 1.97. The van der Waals surface area contributed by atoms with Gasteiger partial charge in [0.15, 0.2) is 0 Å². The first-order valence-corrected chi connectivity index (χ1v) is 18.9. The maximum absolute atomic E-state index is 13.8. The van der Waals surface area contributed by atoms with Crippen molar-refractivity contribution >= 4 is 24.0 Å². The summed E-state index contributed by atoms with van der Waals surface area (Å²) < 4.78 is 34.3. The maximum Gasteiger partial charge on any atom is 0.410 e. The molecule has 0 unspecified atom stereocenters. The molecule has 2 aromatic rings. The van der Waals surface area contributed by atoms with Gasteiger partial charge in [-0.2, -0.15) is 0 Å². The third-order valence-electron chi connectivity index (χ3n) is 8.77. The van der Waals surface area contributed by atoms with E-state index in [2.05, 4.69) is 6.92 Å². The topological polar surface area (TPSA) is 127 Å². The highest BCUT2D eigenvalue weighted by molar-refractivity contribution is 5.81. The lowest BCUT2D eigenvalue weighted by Crippen LogP contribution is -2.50. The molecule has 2 rings (SSSR count). The van der Waals surface area contributed by atoms with Gasteiger partial charge < -0.3 is 33.3 Å². The molecular formula is C42H63NO10. The minimum absolute atomic E-state index is 0.0503. The summed E-state index contributed by atoms with van der Waals surface area (Å²) in [6, 6.07) is 18.2. The number of likely N-dealkylation sites (N-methyl/N-ethyl adjacent to an activating group) is 1. The van der Waals surface area contributed by atoms with E-state index < -0.39 is 59.9 Å². The van der Waals surface area contributed by atoms with Gasteiger partial charge in [0, 0.05) is 20.1 Å². The molecule has 5 atom stereocenters. The van der Waals surface area contributed by atoms with Crippen LogP contribution >= 0.6 is 0 Å². The predicted molar refractivity (Wildman–Crippen MR) is 203 cm³/mol. The first-order valence-electron chi connectivity index (χ1n) is 18.9. The summed E-state index contributed by atoms with van der Waals surface area (Å²) in [6.45, 7) is 12.6. The van der Waals surface area contributed by atoms with Crippen LogP contribution in [0.1, 0.15) is 105 Å². The van der Waals surface area contributed by atoms with Crippen molar-refractivity contribution in [3.63, 3.8) is 0 Å². The number of hydrogen-bond acceptors (Lipinski definition) is 10. The van der Waals surface area contributed by atoms with Gasteiger partial charge in [-0.1, -0.05) is 107 Å². The number of methoxy groups -OCH3 is 1. The highest BCUT2D eigenvalue weighted by Crippen LogP contribution is 2.24. The van der Waals surface area contributed by atoms with E-state index in [4.69, 9.17) is 28.4 Å². The summed E-state index contributed by atoms with van der Waals surface area (Å²) in [5, 5.41) is 0. The van der Waals surface area contributed by atoms with E-state index in [1.165, 1.54) is 12.0 Å². The SMILES string of the molecule is CCCCCCC[C@@H](OC(=O)C[C@@H](OCOC)[C@H](Cc1ccccc1)N(C)C(=O)OC(C)(C)C)[C@H](C)C(=O)O[C@H](C(=O)OCc1ccccc1)C(C)C. The molecule has 0 saturated heterocycles. The Morgan fingerprint density at radius 1 is 0.774 bits per heavy atom. The van der Waals surface area contributed by atoms with Crippen LogP contribution in [0.2, 0.25) is 0 Å². The molecule has 1 amide bonds. The average Bonchev–Trinajstić information content (AvgIpc) is 3.12. The first-order chi connectivity index (χ1) is 25.2. The number of hydrogen-bond donors (Lipinski definition) is 0. The molecule has 0 aromatic heterocycles. The lowest BCUT2D eigenvalue weighted by Gasteiger charge is -2.35. The molecule has 2 aromatic carbocycles. The monoisotopic (exact) mass is 741 g/mol. The van der Waals surface area contributed by atoms with Gasteiger partial charge in [-0.05, 0) is 58.1 Å². The summed E-state index contributed by atoms with van der Waals surface area (Å²) in [4.78, 5) is 55.3. The minimum Gasteiger partial charge on any atom is -0.461 e. The van der Waals surface area contributed by atoms with Gasteiger partial charge in [-0.25, -0.2) is 9.59 Å². The molecule has 0 spiro atoms. The number of rotatable bonds is 23. The van der Waals surface area contributed by atoms with E-state index >= 15 is 0 Å². The second-order valence-corrected chi connectivity index (χ2v) is 14.9. The molecule has 0 fully saturated rings. The van der Waals surface area contributed by atoms with Gasteiger partial charge in [-0.15, -0.1) is 0 Å². The standard InChI is InChI=1S/C42H63NO10/c1-10-11-12-13-20-25-35(31(4)39(45)52-38(30(2)3)40(46)49-28-33-23-18-15-19-24-33)51-37(44)27-36(50-29-48-9)34(26-32-21-16-14-17-22-32)43(8)41(47)53-42(5,6)7/h14-19,21-24,30-31,34-36,38H,10-13,20,25-29H2,1-9H3/t31-,34-,35+,36+,38-/m0/s1. The third-order valence-corrected chi connectivity index (χ3v) is 8.77. The van der Waals surface area contributed by atoms with Crippen LogP contribution in [0.4, 0.5) is 4.79 Å². The van der Waals surface area contributed by atoms with E-state index in [-0.39, 0.29) is 25.7 Å². The molecule has 0 heterocycles. The minimum atomic E-state index is -1.14. The Morgan fingerprint density at radius 3 is 1.94 bits per heavy atom. The Hall–Kier alpha value is -3.96. The van der Waals surface area contributed by atoms with Crippen LogP contribution < -0.4 is 0 Å². The normalized spacial score (nSPS) is 14.4. The van der Waals surface area contributed by atoms with Crippen LogP contribution in [0.25, 0.3) is 0 Å². The van der Waals surface area contributed by atoms with Crippen LogP contribution in [-0.2, 0) is 55.8 Å². The highest BCUT2D eigenvalue weighted by atomic mass is 16.7. The molecule has 53 heavy (non-hydrogen) atoms. The molecule has 0 aliphatic rings. The van der Waals surface area contributed by atoms with Gasteiger partial charge in [0.2, 0.25) is 6.10 Å². The van der Waals surface area contributed by atoms with Crippen molar-refractivity contribution in [1.82, 2.24) is 4.90 Å². The molecule has 11 nitrogen and oxygen atoms in total. The number of carbonyl (C=O) groups is 4. The summed E-state index contributed by atoms with van der Waals surface area (Å²) >= 11 is 0. The molecule has 11 heteroatoms. The molecule has 0 N–H and O–H groups in total. The zero-order chi connectivity index (χ0) is 39.4. The van der Waals surface area contributed by atoms with Crippen LogP contribution in [0.3, 0.4) is 0 Å². The number of amides is 1. The van der Waals surface area contributed by atoms with E-state index in [1.807, 2.05) is 60.7 Å². The average molecular weight is 742 g/mol. The number of nitrogens with zero attached hydrogens (tertiary/aromatic N) is 1. The second-order valence-electron chi connectivity index (χ2n) is 14.9. The molecule has 296 valence electrons. The number of unbranched alkanes of at least 4 members (excludes halogenated alkanes) is 4. The van der Waals surface area contributed by atoms with Gasteiger partial charge in [0.1, 0.15) is 25.1 Å². The fraction of sp³-hybridized carbons (Fsp3) is 0.619. The van der Waals surface area contributed by atoms with Gasteiger partial charge in [0.25, 0.3) is 0 Å². The van der Waals surface area contributed by atoms with Gasteiger partial charge >= 0.3 is 24.0 Å². The van der Waals surface area contributed by atoms with Gasteiger partial charge in [0.05, 0.1) is 24.5 Å². The molecule has 0 bridgehead atoms. The number of carbonyl (C=O) groups excluding carboxylic acids is 4. The Morgan fingerprint density at radius 2 is 1.38 bits per heavy atom. The van der Waals surface area contributed by atoms with Crippen molar-refractivity contribution < 1.29 is 47.6 Å².